The summed E-state index contributed by atoms with van der Waals surface area (Å²) in [6.07, 6.45) is 1.59. The van der Waals surface area contributed by atoms with Crippen LogP contribution in [0.1, 0.15) is 19.8 Å². The summed E-state index contributed by atoms with van der Waals surface area (Å²) in [5.74, 6) is 1.06. The number of rotatable bonds is 1. The third kappa shape index (κ3) is 1.47. The van der Waals surface area contributed by atoms with Crippen LogP contribution in [0.15, 0.2) is 0 Å². The van der Waals surface area contributed by atoms with E-state index in [0.717, 1.165) is 18.6 Å². The van der Waals surface area contributed by atoms with Gasteiger partial charge in [0.2, 0.25) is 0 Å². The topological polar surface area (TPSA) is 40.5 Å². The van der Waals surface area contributed by atoms with Crippen molar-refractivity contribution in [2.45, 2.75) is 30.6 Å². The Morgan fingerprint density at radius 2 is 2.40 bits per heavy atom. The van der Waals surface area contributed by atoms with Gasteiger partial charge in [-0.3, -0.25) is 0 Å². The number of thioether (sulfide) groups is 1. The molecular weight excluding hydrogens is 148 g/mol. The van der Waals surface area contributed by atoms with Crippen molar-refractivity contribution < 1.29 is 10.2 Å². The van der Waals surface area contributed by atoms with Crippen molar-refractivity contribution in [3.63, 3.8) is 0 Å². The molecule has 0 bridgehead atoms. The molecule has 0 radical (unpaired) electrons. The largest absolute Gasteiger partial charge is 0.395 e. The van der Waals surface area contributed by atoms with Crippen LogP contribution >= 0.6 is 11.8 Å². The van der Waals surface area contributed by atoms with E-state index in [9.17, 15) is 5.11 Å². The van der Waals surface area contributed by atoms with Crippen molar-refractivity contribution in [2.75, 3.05) is 12.4 Å². The highest BCUT2D eigenvalue weighted by Gasteiger charge is 2.35. The number of aliphatic hydroxyl groups excluding tert-OH is 2. The van der Waals surface area contributed by atoms with Gasteiger partial charge in [-0.25, -0.2) is 0 Å². The van der Waals surface area contributed by atoms with Crippen LogP contribution in [0.4, 0.5) is 0 Å². The molecule has 1 fully saturated rings. The van der Waals surface area contributed by atoms with E-state index in [1.165, 1.54) is 0 Å². The van der Waals surface area contributed by atoms with Crippen LogP contribution in [0.25, 0.3) is 0 Å². The zero-order chi connectivity index (χ0) is 7.61. The maximum absolute atomic E-state index is 9.45. The van der Waals surface area contributed by atoms with Gasteiger partial charge in [0.1, 0.15) is 0 Å². The molecule has 0 unspecified atom stereocenters. The molecular formula is C7H14O2S. The Kier molecular flexibility index (Phi) is 2.61. The van der Waals surface area contributed by atoms with Crippen LogP contribution in [0.3, 0.4) is 0 Å². The summed E-state index contributed by atoms with van der Waals surface area (Å²) in [4.78, 5) is 0. The molecule has 0 saturated carbocycles. The Morgan fingerprint density at radius 3 is 2.80 bits per heavy atom. The maximum Gasteiger partial charge on any atom is 0.0706 e. The van der Waals surface area contributed by atoms with Gasteiger partial charge in [-0.2, -0.15) is 11.8 Å². The summed E-state index contributed by atoms with van der Waals surface area (Å²) >= 11 is 1.67. The van der Waals surface area contributed by atoms with Crippen LogP contribution < -0.4 is 0 Å². The standard InChI is InChI=1S/C7H14O2S/c1-7(5-8)6(9)3-2-4-10-7/h6,8-9H,2-5H2,1H3/t6-,7-/m0/s1. The second-order valence-corrected chi connectivity index (χ2v) is 4.61. The molecule has 2 N–H and O–H groups in total. The molecule has 10 heavy (non-hydrogen) atoms. The fourth-order valence-electron chi connectivity index (χ4n) is 1.13. The lowest BCUT2D eigenvalue weighted by molar-refractivity contribution is 0.0861. The summed E-state index contributed by atoms with van der Waals surface area (Å²) in [5, 5.41) is 18.4. The average Bonchev–Trinajstić information content (AvgIpc) is 1.96. The molecule has 3 heteroatoms. The van der Waals surface area contributed by atoms with E-state index in [4.69, 9.17) is 5.11 Å². The quantitative estimate of drug-likeness (QED) is 0.594. The first-order chi connectivity index (χ1) is 4.69. The molecule has 1 saturated heterocycles. The summed E-state index contributed by atoms with van der Waals surface area (Å²) < 4.78 is -0.293. The molecule has 0 aromatic rings. The number of hydrogen-bond acceptors (Lipinski definition) is 3. The Morgan fingerprint density at radius 1 is 1.70 bits per heavy atom. The first kappa shape index (κ1) is 8.37. The fourth-order valence-corrected chi connectivity index (χ4v) is 2.31. The average molecular weight is 162 g/mol. The lowest BCUT2D eigenvalue weighted by atomic mass is 10.00. The summed E-state index contributed by atoms with van der Waals surface area (Å²) in [6.45, 7) is 2.00. The predicted molar refractivity (Wildman–Crippen MR) is 43.2 cm³/mol. The van der Waals surface area contributed by atoms with Gasteiger partial charge in [-0.05, 0) is 25.5 Å². The second-order valence-electron chi connectivity index (χ2n) is 2.98. The lowest BCUT2D eigenvalue weighted by Gasteiger charge is -2.35. The lowest BCUT2D eigenvalue weighted by Crippen LogP contribution is -2.42. The van der Waals surface area contributed by atoms with Gasteiger partial charge in [-0.1, -0.05) is 0 Å². The monoisotopic (exact) mass is 162 g/mol. The molecule has 1 aliphatic heterocycles. The highest BCUT2D eigenvalue weighted by molar-refractivity contribution is 8.00. The molecule has 0 aromatic heterocycles. The van der Waals surface area contributed by atoms with Crippen molar-refractivity contribution in [2.24, 2.45) is 0 Å². The van der Waals surface area contributed by atoms with E-state index in [1.54, 1.807) is 11.8 Å². The van der Waals surface area contributed by atoms with Gasteiger partial charge in [-0.15, -0.1) is 0 Å². The summed E-state index contributed by atoms with van der Waals surface area (Å²) in [6, 6.07) is 0. The van der Waals surface area contributed by atoms with E-state index < -0.39 is 0 Å². The highest BCUT2D eigenvalue weighted by Crippen LogP contribution is 2.35. The minimum atomic E-state index is -0.323. The minimum Gasteiger partial charge on any atom is -0.395 e. The van der Waals surface area contributed by atoms with Gasteiger partial charge >= 0.3 is 0 Å². The second kappa shape index (κ2) is 3.11. The molecule has 0 aromatic carbocycles. The van der Waals surface area contributed by atoms with Crippen molar-refractivity contribution in [3.05, 3.63) is 0 Å². The summed E-state index contributed by atoms with van der Waals surface area (Å²) in [7, 11) is 0. The van der Waals surface area contributed by atoms with Crippen molar-refractivity contribution in [1.29, 1.82) is 0 Å². The Labute approximate surface area is 65.6 Å². The number of aliphatic hydroxyl groups is 2. The predicted octanol–water partition coefficient (Wildman–Crippen LogP) is 0.625. The molecule has 1 heterocycles. The van der Waals surface area contributed by atoms with Crippen LogP contribution in [0.5, 0.6) is 0 Å². The Bertz CT molecular complexity index is 118. The van der Waals surface area contributed by atoms with Crippen molar-refractivity contribution >= 4 is 11.8 Å². The van der Waals surface area contributed by atoms with Gasteiger partial charge < -0.3 is 10.2 Å². The van der Waals surface area contributed by atoms with E-state index in [2.05, 4.69) is 0 Å². The molecule has 2 atom stereocenters. The SMILES string of the molecule is C[C@@]1(CO)SCCC[C@@H]1O. The molecule has 0 aliphatic carbocycles. The zero-order valence-electron chi connectivity index (χ0n) is 6.21. The highest BCUT2D eigenvalue weighted by atomic mass is 32.2. The van der Waals surface area contributed by atoms with Crippen molar-refractivity contribution in [1.82, 2.24) is 0 Å². The molecule has 60 valence electrons. The fraction of sp³-hybridized carbons (Fsp3) is 1.00. The minimum absolute atomic E-state index is 0.0822. The third-order valence-electron chi connectivity index (χ3n) is 2.07. The Hall–Kier alpha value is 0.270. The molecule has 0 amide bonds. The molecule has 1 aliphatic rings. The molecule has 1 rings (SSSR count). The van der Waals surface area contributed by atoms with Crippen LogP contribution in [-0.2, 0) is 0 Å². The smallest absolute Gasteiger partial charge is 0.0706 e. The number of hydrogen-bond donors (Lipinski definition) is 2. The molecule has 0 spiro atoms. The normalized spacial score (nSPS) is 41.7. The van der Waals surface area contributed by atoms with Gasteiger partial charge in [0.05, 0.1) is 17.5 Å². The van der Waals surface area contributed by atoms with Crippen LogP contribution in [-0.4, -0.2) is 33.4 Å². The first-order valence-corrected chi connectivity index (χ1v) is 4.60. The van der Waals surface area contributed by atoms with Crippen molar-refractivity contribution in [3.8, 4) is 0 Å². The Balaban J connectivity index is 2.54. The van der Waals surface area contributed by atoms with Gasteiger partial charge in [0.25, 0.3) is 0 Å². The van der Waals surface area contributed by atoms with E-state index in [1.807, 2.05) is 6.92 Å². The van der Waals surface area contributed by atoms with Crippen LogP contribution in [0.2, 0.25) is 0 Å². The zero-order valence-corrected chi connectivity index (χ0v) is 7.02. The van der Waals surface area contributed by atoms with Gasteiger partial charge in [0, 0.05) is 0 Å². The molecule has 2 nitrogen and oxygen atoms in total. The van der Waals surface area contributed by atoms with E-state index in [0.29, 0.717) is 0 Å². The third-order valence-corrected chi connectivity index (χ3v) is 3.63. The van der Waals surface area contributed by atoms with Gasteiger partial charge in [0.15, 0.2) is 0 Å². The van der Waals surface area contributed by atoms with Crippen LogP contribution in [0, 0.1) is 0 Å². The van der Waals surface area contributed by atoms with E-state index >= 15 is 0 Å². The first-order valence-electron chi connectivity index (χ1n) is 3.62. The maximum atomic E-state index is 9.45. The summed E-state index contributed by atoms with van der Waals surface area (Å²) in [5.41, 5.74) is 0. The van der Waals surface area contributed by atoms with E-state index in [-0.39, 0.29) is 17.5 Å².